The summed E-state index contributed by atoms with van der Waals surface area (Å²) >= 11 is 0.765. The van der Waals surface area contributed by atoms with Gasteiger partial charge in [0, 0.05) is 31.7 Å². The van der Waals surface area contributed by atoms with Crippen LogP contribution in [0.1, 0.15) is 91.5 Å². The minimum atomic E-state index is -2.66. The van der Waals surface area contributed by atoms with E-state index in [0.717, 1.165) is 53.7 Å². The van der Waals surface area contributed by atoms with Gasteiger partial charge in [-0.3, -0.25) is 24.6 Å². The number of benzene rings is 2. The summed E-state index contributed by atoms with van der Waals surface area (Å²) in [6.07, 6.45) is 2.24. The van der Waals surface area contributed by atoms with Crippen molar-refractivity contribution in [3.8, 4) is 0 Å². The highest BCUT2D eigenvalue weighted by atomic mass is 32.1. The van der Waals surface area contributed by atoms with Crippen molar-refractivity contribution >= 4 is 46.1 Å². The Bertz CT molecular complexity index is 1930. The molecule has 6 rings (SSSR count). The van der Waals surface area contributed by atoms with Crippen LogP contribution >= 0.6 is 11.3 Å². The molecule has 2 aliphatic rings. The molecule has 0 radical (unpaired) electrons. The molecule has 4 aromatic rings. The number of esters is 1. The molecule has 0 bridgehead atoms. The van der Waals surface area contributed by atoms with E-state index >= 15 is 0 Å². The van der Waals surface area contributed by atoms with Gasteiger partial charge in [0.2, 0.25) is 11.9 Å². The first-order chi connectivity index (χ1) is 24.7. The minimum Gasteiger partial charge on any atom is -0.460 e. The molecule has 9 nitrogen and oxygen atoms in total. The predicted octanol–water partition coefficient (Wildman–Crippen LogP) is 8.40. The van der Waals surface area contributed by atoms with E-state index in [1.165, 1.54) is 18.2 Å². The van der Waals surface area contributed by atoms with Crippen molar-refractivity contribution in [1.82, 2.24) is 19.4 Å². The molecule has 1 N–H and O–H groups in total. The third-order valence-corrected chi connectivity index (χ3v) is 11.7. The minimum absolute atomic E-state index is 0.0155. The monoisotopic (exact) mass is 731 g/mol. The fourth-order valence-electron chi connectivity index (χ4n) is 7.50. The quantitative estimate of drug-likeness (QED) is 0.116. The van der Waals surface area contributed by atoms with E-state index in [0.29, 0.717) is 31.1 Å². The van der Waals surface area contributed by atoms with Crippen LogP contribution in [-0.2, 0) is 27.5 Å². The SMILES string of the molecule is C=CC(=O)N1CCC[C@]2(C1)C[C@H](n1c(NC(=O)c3ccc(C(F)F)s3)nc3cc(CN(CC(=O)OCc4ccccc4)[C@@H](C)C(C)(C)C)ccc31)C2. The first kappa shape index (κ1) is 37.3. The van der Waals surface area contributed by atoms with Gasteiger partial charge in [0.15, 0.2) is 0 Å². The van der Waals surface area contributed by atoms with Crippen molar-refractivity contribution in [3.63, 3.8) is 0 Å². The molecular weight excluding hydrogens is 685 g/mol. The molecule has 0 unspecified atom stereocenters. The number of rotatable bonds is 12. The Labute approximate surface area is 307 Å². The summed E-state index contributed by atoms with van der Waals surface area (Å²) in [6, 6.07) is 18.3. The molecular formula is C40H47F2N5O4S. The van der Waals surface area contributed by atoms with Crippen molar-refractivity contribution in [1.29, 1.82) is 0 Å². The number of aromatic nitrogens is 2. The standard InChI is InChI=1S/C40H47F2N5O4S/c1-6-34(48)45-18-10-17-40(25-45)20-29(21-40)47-31-14-13-28(19-30(31)43-38(47)44-37(50)33-16-15-32(52-33)36(41)42)22-46(26(2)39(3,4)5)23-35(49)51-24-27-11-8-7-9-12-27/h6-9,11-16,19,26,29,36H,1,10,17-18,20-25H2,2-5H3,(H,43,44,50)/t26-,29-,40-/m0/s1. The summed E-state index contributed by atoms with van der Waals surface area (Å²) in [5.74, 6) is -0.520. The second kappa shape index (κ2) is 15.3. The molecule has 3 heterocycles. The zero-order valence-electron chi connectivity index (χ0n) is 30.2. The molecule has 1 saturated heterocycles. The Morgan fingerprint density at radius 3 is 2.54 bits per heavy atom. The van der Waals surface area contributed by atoms with Gasteiger partial charge in [0.1, 0.15) is 6.61 Å². The first-order valence-corrected chi connectivity index (χ1v) is 18.6. The van der Waals surface area contributed by atoms with E-state index in [-0.39, 0.29) is 57.7 Å². The number of piperidine rings is 1. The van der Waals surface area contributed by atoms with E-state index in [4.69, 9.17) is 9.72 Å². The Morgan fingerprint density at radius 2 is 1.87 bits per heavy atom. The third-order valence-electron chi connectivity index (χ3n) is 10.7. The van der Waals surface area contributed by atoms with Crippen LogP contribution in [0.3, 0.4) is 0 Å². The van der Waals surface area contributed by atoms with Gasteiger partial charge in [0.25, 0.3) is 12.3 Å². The fraction of sp³-hybridized carbons (Fsp3) is 0.450. The molecule has 2 aromatic carbocycles. The lowest BCUT2D eigenvalue weighted by Crippen LogP contribution is -2.52. The molecule has 1 spiro atoms. The van der Waals surface area contributed by atoms with E-state index in [1.54, 1.807) is 0 Å². The highest BCUT2D eigenvalue weighted by Gasteiger charge is 2.49. The summed E-state index contributed by atoms with van der Waals surface area (Å²) in [4.78, 5) is 47.8. The molecule has 276 valence electrons. The number of ether oxygens (including phenoxy) is 1. The Kier molecular flexibility index (Phi) is 11.0. The number of likely N-dealkylation sites (tertiary alicyclic amines) is 1. The van der Waals surface area contributed by atoms with E-state index in [2.05, 4.69) is 49.1 Å². The number of nitrogens with zero attached hydrogens (tertiary/aromatic N) is 4. The Balaban J connectivity index is 1.26. The van der Waals surface area contributed by atoms with Gasteiger partial charge in [-0.25, -0.2) is 13.8 Å². The second-order valence-electron chi connectivity index (χ2n) is 15.3. The highest BCUT2D eigenvalue weighted by Crippen LogP contribution is 2.55. The number of halogens is 2. The summed E-state index contributed by atoms with van der Waals surface area (Å²) in [5, 5.41) is 2.93. The molecule has 1 saturated carbocycles. The number of imidazole rings is 1. The van der Waals surface area contributed by atoms with Gasteiger partial charge in [0.05, 0.1) is 27.3 Å². The lowest BCUT2D eigenvalue weighted by molar-refractivity contribution is -0.147. The van der Waals surface area contributed by atoms with Crippen molar-refractivity contribution in [2.45, 2.75) is 85.0 Å². The largest absolute Gasteiger partial charge is 0.460 e. The maximum atomic E-state index is 13.4. The summed E-state index contributed by atoms with van der Waals surface area (Å²) < 4.78 is 34.4. The molecule has 12 heteroatoms. The number of thiophene rings is 1. The van der Waals surface area contributed by atoms with E-state index in [9.17, 15) is 23.2 Å². The smallest absolute Gasteiger partial charge is 0.320 e. The molecule has 2 amide bonds. The van der Waals surface area contributed by atoms with Crippen LogP contribution in [0, 0.1) is 10.8 Å². The number of hydrogen-bond donors (Lipinski definition) is 1. The zero-order chi connectivity index (χ0) is 37.2. The van der Waals surface area contributed by atoms with Crippen LogP contribution in [0.2, 0.25) is 0 Å². The van der Waals surface area contributed by atoms with Gasteiger partial charge in [-0.1, -0.05) is 63.7 Å². The number of carbonyl (C=O) groups is 3. The molecule has 2 aromatic heterocycles. The average Bonchev–Trinajstić information content (AvgIpc) is 3.74. The van der Waals surface area contributed by atoms with Gasteiger partial charge < -0.3 is 14.2 Å². The molecule has 1 aliphatic carbocycles. The van der Waals surface area contributed by atoms with Crippen LogP contribution < -0.4 is 5.32 Å². The number of fused-ring (bicyclic) bond motifs is 1. The number of carbonyl (C=O) groups excluding carboxylic acids is 3. The highest BCUT2D eigenvalue weighted by molar-refractivity contribution is 7.14. The van der Waals surface area contributed by atoms with Crippen LogP contribution in [-0.4, -0.2) is 62.8 Å². The average molecular weight is 732 g/mol. The van der Waals surface area contributed by atoms with Gasteiger partial charge >= 0.3 is 5.97 Å². The normalized spacial score (nSPS) is 19.5. The van der Waals surface area contributed by atoms with Crippen molar-refractivity contribution < 1.29 is 27.9 Å². The Hall–Kier alpha value is -4.42. The number of alkyl halides is 2. The molecule has 52 heavy (non-hydrogen) atoms. The number of amides is 2. The van der Waals surface area contributed by atoms with Crippen molar-refractivity contribution in [2.24, 2.45) is 10.8 Å². The van der Waals surface area contributed by atoms with Crippen LogP contribution in [0.15, 0.2) is 73.3 Å². The topological polar surface area (TPSA) is 96.8 Å². The van der Waals surface area contributed by atoms with E-state index < -0.39 is 12.3 Å². The summed E-state index contributed by atoms with van der Waals surface area (Å²) in [5.41, 5.74) is 3.23. The van der Waals surface area contributed by atoms with Crippen molar-refractivity contribution in [3.05, 3.63) is 94.2 Å². The van der Waals surface area contributed by atoms with Crippen LogP contribution in [0.4, 0.5) is 14.7 Å². The Morgan fingerprint density at radius 1 is 1.12 bits per heavy atom. The first-order valence-electron chi connectivity index (χ1n) is 17.8. The lowest BCUT2D eigenvalue weighted by Gasteiger charge is -2.53. The van der Waals surface area contributed by atoms with Crippen molar-refractivity contribution in [2.75, 3.05) is 25.0 Å². The molecule has 1 atom stereocenters. The van der Waals surface area contributed by atoms with E-state index in [1.807, 2.05) is 53.4 Å². The maximum absolute atomic E-state index is 13.4. The zero-order valence-corrected chi connectivity index (χ0v) is 31.1. The molecule has 1 aliphatic heterocycles. The van der Waals surface area contributed by atoms with Gasteiger partial charge in [-0.05, 0) is 84.9 Å². The maximum Gasteiger partial charge on any atom is 0.320 e. The van der Waals surface area contributed by atoms with Crippen LogP contribution in [0.25, 0.3) is 11.0 Å². The second-order valence-corrected chi connectivity index (χ2v) is 16.4. The fourth-order valence-corrected chi connectivity index (χ4v) is 8.26. The van der Waals surface area contributed by atoms with Gasteiger partial charge in [-0.2, -0.15) is 0 Å². The summed E-state index contributed by atoms with van der Waals surface area (Å²) in [7, 11) is 0. The third kappa shape index (κ3) is 8.28. The number of hydrogen-bond acceptors (Lipinski definition) is 7. The molecule has 2 fully saturated rings. The number of anilines is 1. The lowest BCUT2D eigenvalue weighted by atomic mass is 9.61. The van der Waals surface area contributed by atoms with Gasteiger partial charge in [-0.15, -0.1) is 11.3 Å². The number of nitrogens with one attached hydrogen (secondary N) is 1. The van der Waals surface area contributed by atoms with Crippen LogP contribution in [0.5, 0.6) is 0 Å². The predicted molar refractivity (Wildman–Crippen MR) is 199 cm³/mol. The summed E-state index contributed by atoms with van der Waals surface area (Å²) in [6.45, 7) is 14.3.